The molecule has 1 saturated heterocycles. The summed E-state index contributed by atoms with van der Waals surface area (Å²) in [7, 11) is 0. The third-order valence-electron chi connectivity index (χ3n) is 2.64. The number of ketones is 1. The molecule has 17 heavy (non-hydrogen) atoms. The molecule has 1 unspecified atom stereocenters. The average molecular weight is 255 g/mol. The second kappa shape index (κ2) is 4.83. The van der Waals surface area contributed by atoms with Gasteiger partial charge in [0.05, 0.1) is 15.7 Å². The molecule has 0 N–H and O–H groups in total. The van der Waals surface area contributed by atoms with Gasteiger partial charge in [-0.15, -0.1) is 0 Å². The molecule has 4 nitrogen and oxygen atoms in total. The Hall–Kier alpha value is -1.43. The van der Waals surface area contributed by atoms with Gasteiger partial charge in [-0.05, 0) is 30.7 Å². The molecular formula is C11H10FNO3S. The van der Waals surface area contributed by atoms with Crippen molar-refractivity contribution >= 4 is 23.2 Å². The van der Waals surface area contributed by atoms with Crippen LogP contribution in [0.5, 0.6) is 0 Å². The molecule has 0 saturated carbocycles. The summed E-state index contributed by atoms with van der Waals surface area (Å²) in [5.41, 5.74) is -0.432. The molecule has 1 aromatic rings. The van der Waals surface area contributed by atoms with E-state index in [9.17, 15) is 19.3 Å². The number of nitro benzene ring substituents is 1. The van der Waals surface area contributed by atoms with Crippen molar-refractivity contribution in [2.24, 2.45) is 0 Å². The first-order valence-electron chi connectivity index (χ1n) is 5.19. The molecule has 0 aromatic heterocycles. The molecule has 1 heterocycles. The number of nitrogens with zero attached hydrogens (tertiary/aromatic N) is 1. The first-order chi connectivity index (χ1) is 8.09. The van der Waals surface area contributed by atoms with Gasteiger partial charge in [0.1, 0.15) is 5.82 Å². The van der Waals surface area contributed by atoms with E-state index >= 15 is 0 Å². The van der Waals surface area contributed by atoms with Gasteiger partial charge >= 0.3 is 0 Å². The molecule has 0 amide bonds. The maximum atomic E-state index is 13.1. The zero-order valence-electron chi connectivity index (χ0n) is 8.89. The van der Waals surface area contributed by atoms with Gasteiger partial charge in [0.15, 0.2) is 5.78 Å². The fourth-order valence-electron chi connectivity index (χ4n) is 1.82. The van der Waals surface area contributed by atoms with Gasteiger partial charge in [0.25, 0.3) is 5.69 Å². The van der Waals surface area contributed by atoms with Gasteiger partial charge in [0.2, 0.25) is 0 Å². The minimum absolute atomic E-state index is 0.116. The highest BCUT2D eigenvalue weighted by Gasteiger charge is 2.29. The van der Waals surface area contributed by atoms with Crippen LogP contribution in [0.1, 0.15) is 23.2 Å². The number of carbonyl (C=O) groups is 1. The van der Waals surface area contributed by atoms with Crippen molar-refractivity contribution in [1.29, 1.82) is 0 Å². The second-order valence-corrected chi connectivity index (χ2v) is 5.10. The fraction of sp³-hybridized carbons (Fsp3) is 0.364. The number of nitro groups is 1. The van der Waals surface area contributed by atoms with Gasteiger partial charge in [-0.25, -0.2) is 4.39 Å². The summed E-state index contributed by atoms with van der Waals surface area (Å²) in [6.07, 6.45) is 1.63. The molecule has 1 aliphatic heterocycles. The smallest absolute Gasteiger partial charge is 0.280 e. The van der Waals surface area contributed by atoms with E-state index in [1.54, 1.807) is 0 Å². The first-order valence-corrected chi connectivity index (χ1v) is 6.24. The summed E-state index contributed by atoms with van der Waals surface area (Å²) in [6.45, 7) is 0. The fourth-order valence-corrected chi connectivity index (χ4v) is 3.05. The molecule has 0 radical (unpaired) electrons. The summed E-state index contributed by atoms with van der Waals surface area (Å²) >= 11 is 1.48. The van der Waals surface area contributed by atoms with Crippen LogP contribution in [0.3, 0.4) is 0 Å². The Morgan fingerprint density at radius 1 is 1.53 bits per heavy atom. The average Bonchev–Trinajstić information content (AvgIpc) is 2.80. The Morgan fingerprint density at radius 2 is 2.29 bits per heavy atom. The summed E-state index contributed by atoms with van der Waals surface area (Å²) in [5.74, 6) is -0.0832. The van der Waals surface area contributed by atoms with Gasteiger partial charge in [-0.2, -0.15) is 11.8 Å². The SMILES string of the molecule is O=C(c1cc(F)ccc1[N+](=O)[O-])C1CCCS1. The Balaban J connectivity index is 2.38. The summed E-state index contributed by atoms with van der Waals surface area (Å²) in [6, 6.07) is 3.00. The molecule has 1 aliphatic rings. The van der Waals surface area contributed by atoms with Crippen molar-refractivity contribution in [2.75, 3.05) is 5.75 Å². The van der Waals surface area contributed by atoms with Crippen LogP contribution in [-0.4, -0.2) is 21.7 Å². The normalized spacial score (nSPS) is 19.2. The van der Waals surface area contributed by atoms with Crippen LogP contribution < -0.4 is 0 Å². The van der Waals surface area contributed by atoms with E-state index in [0.29, 0.717) is 6.42 Å². The lowest BCUT2D eigenvalue weighted by Gasteiger charge is -2.07. The van der Waals surface area contributed by atoms with Crippen LogP contribution in [0, 0.1) is 15.9 Å². The number of benzene rings is 1. The number of hydrogen-bond acceptors (Lipinski definition) is 4. The van der Waals surface area contributed by atoms with Gasteiger partial charge in [-0.3, -0.25) is 14.9 Å². The minimum Gasteiger partial charge on any atom is -0.293 e. The van der Waals surface area contributed by atoms with Crippen molar-refractivity contribution in [1.82, 2.24) is 0 Å². The lowest BCUT2D eigenvalue weighted by Crippen LogP contribution is -2.16. The molecule has 0 bridgehead atoms. The van der Waals surface area contributed by atoms with Gasteiger partial charge in [0, 0.05) is 6.07 Å². The predicted molar refractivity (Wildman–Crippen MR) is 62.9 cm³/mol. The molecule has 2 rings (SSSR count). The number of thioether (sulfide) groups is 1. The Morgan fingerprint density at radius 3 is 2.88 bits per heavy atom. The second-order valence-electron chi connectivity index (χ2n) is 3.78. The number of Topliss-reactive ketones (excluding diaryl/α,β-unsaturated/α-hetero) is 1. The van der Waals surface area contributed by atoms with E-state index in [4.69, 9.17) is 0 Å². The monoisotopic (exact) mass is 255 g/mol. The molecule has 0 spiro atoms. The zero-order chi connectivity index (χ0) is 12.4. The molecule has 1 atom stereocenters. The first kappa shape index (κ1) is 12.0. The lowest BCUT2D eigenvalue weighted by molar-refractivity contribution is -0.385. The highest BCUT2D eigenvalue weighted by Crippen LogP contribution is 2.31. The summed E-state index contributed by atoms with van der Waals surface area (Å²) in [5, 5.41) is 10.5. The number of carbonyl (C=O) groups excluding carboxylic acids is 1. The molecular weight excluding hydrogens is 245 g/mol. The standard InChI is InChI=1S/C11H10FNO3S/c12-7-3-4-9(13(15)16)8(6-7)11(14)10-2-1-5-17-10/h3-4,6,10H,1-2,5H2. The van der Waals surface area contributed by atoms with Crippen LogP contribution in [0.4, 0.5) is 10.1 Å². The maximum Gasteiger partial charge on any atom is 0.280 e. The largest absolute Gasteiger partial charge is 0.293 e. The number of halogens is 1. The zero-order valence-corrected chi connectivity index (χ0v) is 9.71. The highest BCUT2D eigenvalue weighted by atomic mass is 32.2. The van der Waals surface area contributed by atoms with Crippen molar-refractivity contribution in [3.8, 4) is 0 Å². The van der Waals surface area contributed by atoms with E-state index < -0.39 is 10.7 Å². The quantitative estimate of drug-likeness (QED) is 0.473. The van der Waals surface area contributed by atoms with E-state index in [2.05, 4.69) is 0 Å². The minimum atomic E-state index is -0.647. The van der Waals surface area contributed by atoms with Gasteiger partial charge < -0.3 is 0 Å². The lowest BCUT2D eigenvalue weighted by atomic mass is 10.0. The Kier molecular flexibility index (Phi) is 3.42. The van der Waals surface area contributed by atoms with Crippen molar-refractivity contribution in [3.05, 3.63) is 39.7 Å². The van der Waals surface area contributed by atoms with E-state index in [1.807, 2.05) is 0 Å². The van der Waals surface area contributed by atoms with Crippen molar-refractivity contribution < 1.29 is 14.1 Å². The molecule has 1 fully saturated rings. The molecule has 90 valence electrons. The van der Waals surface area contributed by atoms with E-state index in [1.165, 1.54) is 11.8 Å². The van der Waals surface area contributed by atoms with Crippen LogP contribution in [0.15, 0.2) is 18.2 Å². The Bertz CT molecular complexity index is 472. The summed E-state index contributed by atoms with van der Waals surface area (Å²) in [4.78, 5) is 22.2. The number of hydrogen-bond donors (Lipinski definition) is 0. The van der Waals surface area contributed by atoms with Crippen LogP contribution in [0.25, 0.3) is 0 Å². The van der Waals surface area contributed by atoms with E-state index in [0.717, 1.165) is 30.4 Å². The van der Waals surface area contributed by atoms with Crippen molar-refractivity contribution in [2.45, 2.75) is 18.1 Å². The van der Waals surface area contributed by atoms with Gasteiger partial charge in [-0.1, -0.05) is 0 Å². The molecule has 1 aromatic carbocycles. The predicted octanol–water partition coefficient (Wildman–Crippen LogP) is 2.81. The molecule has 0 aliphatic carbocycles. The molecule has 6 heteroatoms. The third-order valence-corrected chi connectivity index (χ3v) is 4.02. The summed E-state index contributed by atoms with van der Waals surface area (Å²) < 4.78 is 13.1. The highest BCUT2D eigenvalue weighted by molar-refractivity contribution is 8.00. The Labute approximate surface area is 101 Å². The third kappa shape index (κ3) is 2.46. The topological polar surface area (TPSA) is 60.2 Å². The van der Waals surface area contributed by atoms with E-state index in [-0.39, 0.29) is 22.3 Å². The number of rotatable bonds is 3. The maximum absolute atomic E-state index is 13.1. The van der Waals surface area contributed by atoms with Crippen LogP contribution >= 0.6 is 11.8 Å². The van der Waals surface area contributed by atoms with Crippen LogP contribution in [-0.2, 0) is 0 Å². The van der Waals surface area contributed by atoms with Crippen molar-refractivity contribution in [3.63, 3.8) is 0 Å². The van der Waals surface area contributed by atoms with Crippen LogP contribution in [0.2, 0.25) is 0 Å².